The van der Waals surface area contributed by atoms with Crippen molar-refractivity contribution in [2.24, 2.45) is 0 Å². The zero-order chi connectivity index (χ0) is 22.8. The highest BCUT2D eigenvalue weighted by Crippen LogP contribution is 2.36. The Balaban J connectivity index is 1.97. The number of carboxylic acid groups (broad SMARTS) is 1. The molecule has 0 bridgehead atoms. The summed E-state index contributed by atoms with van der Waals surface area (Å²) in [6.45, 7) is 7.25. The first-order valence-electron chi connectivity index (χ1n) is 9.46. The second kappa shape index (κ2) is 9.00. The lowest BCUT2D eigenvalue weighted by Crippen LogP contribution is -2.22. The zero-order valence-corrected chi connectivity index (χ0v) is 18.3. The van der Waals surface area contributed by atoms with E-state index in [9.17, 15) is 18.7 Å². The Kier molecular flexibility index (Phi) is 6.58. The molecule has 0 aliphatic heterocycles. The van der Waals surface area contributed by atoms with Crippen LogP contribution in [-0.4, -0.2) is 40.5 Å². The summed E-state index contributed by atoms with van der Waals surface area (Å²) in [7, 11) is -1.29. The van der Waals surface area contributed by atoms with Crippen molar-refractivity contribution in [3.05, 3.63) is 47.8 Å². The normalized spacial score (nSPS) is 11.7. The van der Waals surface area contributed by atoms with Crippen LogP contribution in [0.25, 0.3) is 11.0 Å². The molecule has 0 spiro atoms. The van der Waals surface area contributed by atoms with E-state index < -0.39 is 31.4 Å². The summed E-state index contributed by atoms with van der Waals surface area (Å²) in [5.74, 6) is -4.21. The third-order valence-electron chi connectivity index (χ3n) is 4.52. The maximum Gasteiger partial charge on any atom is 0.338 e. The van der Waals surface area contributed by atoms with Crippen molar-refractivity contribution in [1.29, 1.82) is 0 Å². The Morgan fingerprint density at radius 3 is 2.52 bits per heavy atom. The molecular formula is C20H23F2N3O5Si. The standard InChI is InChI=1S/C20H23F2N3O5Si/c1-31(2,3)7-6-29-11-25-10-13(20(26)27)17-16(4-5-23-19(17)25)30-18-14(21)8-12(24-28)9-15(18)22/h4-5,8-10,24,28H,6-7,11H2,1-3H3,(H,26,27). The average molecular weight is 452 g/mol. The van der Waals surface area contributed by atoms with Crippen molar-refractivity contribution >= 4 is 30.8 Å². The first kappa shape index (κ1) is 22.7. The molecule has 1 aromatic carbocycles. The number of hydrogen-bond acceptors (Lipinski definition) is 6. The van der Waals surface area contributed by atoms with E-state index in [4.69, 9.17) is 14.7 Å². The van der Waals surface area contributed by atoms with Gasteiger partial charge in [0.25, 0.3) is 0 Å². The highest BCUT2D eigenvalue weighted by Gasteiger charge is 2.22. The van der Waals surface area contributed by atoms with Gasteiger partial charge in [-0.1, -0.05) is 19.6 Å². The molecular weight excluding hydrogens is 428 g/mol. The molecule has 166 valence electrons. The van der Waals surface area contributed by atoms with Gasteiger partial charge in [0.05, 0.1) is 16.6 Å². The molecule has 31 heavy (non-hydrogen) atoms. The molecule has 2 aromatic heterocycles. The van der Waals surface area contributed by atoms with Gasteiger partial charge in [-0.3, -0.25) is 10.7 Å². The van der Waals surface area contributed by atoms with Crippen LogP contribution in [0.2, 0.25) is 25.7 Å². The van der Waals surface area contributed by atoms with E-state index in [2.05, 4.69) is 24.6 Å². The molecule has 0 fully saturated rings. The lowest BCUT2D eigenvalue weighted by molar-refractivity contribution is 0.0696. The Bertz CT molecular complexity index is 1090. The van der Waals surface area contributed by atoms with Crippen molar-refractivity contribution < 1.29 is 33.4 Å². The van der Waals surface area contributed by atoms with Crippen molar-refractivity contribution in [2.45, 2.75) is 32.4 Å². The molecule has 8 nitrogen and oxygen atoms in total. The molecule has 3 aromatic rings. The largest absolute Gasteiger partial charge is 0.478 e. The highest BCUT2D eigenvalue weighted by molar-refractivity contribution is 6.76. The number of pyridine rings is 1. The number of aromatic carboxylic acids is 1. The maximum atomic E-state index is 14.3. The molecule has 0 unspecified atom stereocenters. The van der Waals surface area contributed by atoms with Crippen LogP contribution in [0.3, 0.4) is 0 Å². The molecule has 0 amide bonds. The van der Waals surface area contributed by atoms with Gasteiger partial charge in [0, 0.05) is 39.2 Å². The van der Waals surface area contributed by atoms with Crippen LogP contribution >= 0.6 is 0 Å². The lowest BCUT2D eigenvalue weighted by atomic mass is 10.2. The summed E-state index contributed by atoms with van der Waals surface area (Å²) in [5.41, 5.74) is 1.56. The van der Waals surface area contributed by atoms with E-state index in [0.717, 1.165) is 18.2 Å². The van der Waals surface area contributed by atoms with Gasteiger partial charge >= 0.3 is 5.97 Å². The summed E-state index contributed by atoms with van der Waals surface area (Å²) in [6, 6.07) is 3.94. The number of carbonyl (C=O) groups is 1. The Hall–Kier alpha value is -3.02. The smallest absolute Gasteiger partial charge is 0.338 e. The minimum atomic E-state index is -1.29. The zero-order valence-electron chi connectivity index (χ0n) is 17.3. The van der Waals surface area contributed by atoms with E-state index in [1.165, 1.54) is 23.0 Å². The molecule has 3 rings (SSSR count). The first-order chi connectivity index (χ1) is 14.6. The fourth-order valence-electron chi connectivity index (χ4n) is 2.90. The number of halogens is 2. The number of nitrogens with one attached hydrogen (secondary N) is 1. The fourth-order valence-corrected chi connectivity index (χ4v) is 3.66. The molecule has 11 heteroatoms. The maximum absolute atomic E-state index is 14.3. The number of rotatable bonds is 9. The second-order valence-corrected chi connectivity index (χ2v) is 13.8. The van der Waals surface area contributed by atoms with E-state index in [-0.39, 0.29) is 34.8 Å². The number of anilines is 1. The predicted molar refractivity (Wildman–Crippen MR) is 113 cm³/mol. The number of fused-ring (bicyclic) bond motifs is 1. The van der Waals surface area contributed by atoms with Crippen molar-refractivity contribution in [3.8, 4) is 11.5 Å². The van der Waals surface area contributed by atoms with Gasteiger partial charge in [0.1, 0.15) is 18.1 Å². The SMILES string of the molecule is C[Si](C)(C)CCOCn1cc(C(=O)O)c2c(Oc3c(F)cc(NO)cc3F)ccnc21. The van der Waals surface area contributed by atoms with Gasteiger partial charge in [-0.15, -0.1) is 0 Å². The molecule has 0 aliphatic carbocycles. The predicted octanol–water partition coefficient (Wildman–Crippen LogP) is 4.92. The molecule has 0 saturated heterocycles. The second-order valence-electron chi connectivity index (χ2n) is 8.16. The van der Waals surface area contributed by atoms with Gasteiger partial charge in [0.15, 0.2) is 17.4 Å². The van der Waals surface area contributed by atoms with Crippen molar-refractivity contribution in [3.63, 3.8) is 0 Å². The number of carboxylic acids is 1. The highest BCUT2D eigenvalue weighted by atomic mass is 28.3. The van der Waals surface area contributed by atoms with E-state index in [1.807, 2.05) is 0 Å². The van der Waals surface area contributed by atoms with Crippen LogP contribution < -0.4 is 10.2 Å². The van der Waals surface area contributed by atoms with Gasteiger partial charge in [-0.25, -0.2) is 18.6 Å². The van der Waals surface area contributed by atoms with Crippen LogP contribution in [0.15, 0.2) is 30.6 Å². The quantitative estimate of drug-likeness (QED) is 0.241. The summed E-state index contributed by atoms with van der Waals surface area (Å²) in [6.07, 6.45) is 2.70. The van der Waals surface area contributed by atoms with E-state index in [1.54, 1.807) is 5.48 Å². The number of aromatic nitrogens is 2. The van der Waals surface area contributed by atoms with E-state index in [0.29, 0.717) is 6.61 Å². The third-order valence-corrected chi connectivity index (χ3v) is 6.22. The summed E-state index contributed by atoms with van der Waals surface area (Å²) < 4.78 is 41.2. The third kappa shape index (κ3) is 5.18. The molecule has 0 atom stereocenters. The summed E-state index contributed by atoms with van der Waals surface area (Å²) in [4.78, 5) is 16.0. The Labute approximate surface area is 178 Å². The lowest BCUT2D eigenvalue weighted by Gasteiger charge is -2.15. The van der Waals surface area contributed by atoms with Crippen LogP contribution in [0.1, 0.15) is 10.4 Å². The molecule has 2 heterocycles. The molecule has 3 N–H and O–H groups in total. The number of nitrogens with zero attached hydrogens (tertiary/aromatic N) is 2. The van der Waals surface area contributed by atoms with Gasteiger partial charge in [-0.2, -0.15) is 0 Å². The van der Waals surface area contributed by atoms with Crippen LogP contribution in [0, 0.1) is 11.6 Å². The molecule has 0 saturated carbocycles. The summed E-state index contributed by atoms with van der Waals surface area (Å²) >= 11 is 0. The first-order valence-corrected chi connectivity index (χ1v) is 13.2. The van der Waals surface area contributed by atoms with Crippen LogP contribution in [0.5, 0.6) is 11.5 Å². The monoisotopic (exact) mass is 451 g/mol. The Morgan fingerprint density at radius 1 is 1.26 bits per heavy atom. The summed E-state index contributed by atoms with van der Waals surface area (Å²) in [5, 5.41) is 18.5. The number of hydrogen-bond donors (Lipinski definition) is 3. The topological polar surface area (TPSA) is 106 Å². The minimum absolute atomic E-state index is 0.0737. The number of benzene rings is 1. The van der Waals surface area contributed by atoms with E-state index >= 15 is 0 Å². The van der Waals surface area contributed by atoms with Gasteiger partial charge in [0.2, 0.25) is 0 Å². The molecule has 0 aliphatic rings. The van der Waals surface area contributed by atoms with Gasteiger partial charge < -0.3 is 19.1 Å². The van der Waals surface area contributed by atoms with Gasteiger partial charge in [-0.05, 0) is 12.1 Å². The fraction of sp³-hybridized carbons (Fsp3) is 0.300. The van der Waals surface area contributed by atoms with Crippen molar-refractivity contribution in [1.82, 2.24) is 9.55 Å². The van der Waals surface area contributed by atoms with Crippen LogP contribution in [-0.2, 0) is 11.5 Å². The number of ether oxygens (including phenoxy) is 2. The van der Waals surface area contributed by atoms with Crippen LogP contribution in [0.4, 0.5) is 14.5 Å². The average Bonchev–Trinajstić information content (AvgIpc) is 3.07. The minimum Gasteiger partial charge on any atom is -0.478 e. The van der Waals surface area contributed by atoms with Crippen molar-refractivity contribution in [2.75, 3.05) is 12.1 Å². The molecule has 0 radical (unpaired) electrons. The Morgan fingerprint density at radius 2 is 1.94 bits per heavy atom.